The van der Waals surface area contributed by atoms with Crippen LogP contribution in [0.4, 0.5) is 0 Å². The summed E-state index contributed by atoms with van der Waals surface area (Å²) in [6.45, 7) is 2.58. The zero-order valence-corrected chi connectivity index (χ0v) is 16.4. The molecule has 146 valence electrons. The predicted octanol–water partition coefficient (Wildman–Crippen LogP) is 3.15. The average molecular weight is 400 g/mol. The fourth-order valence-corrected chi connectivity index (χ4v) is 3.94. The van der Waals surface area contributed by atoms with Crippen molar-refractivity contribution in [1.82, 2.24) is 14.4 Å². The van der Waals surface area contributed by atoms with Gasteiger partial charge in [-0.1, -0.05) is 41.9 Å². The third kappa shape index (κ3) is 3.70. The molecular weight excluding hydrogens is 378 g/mol. The highest BCUT2D eigenvalue weighted by Crippen LogP contribution is 2.26. The molecule has 0 bridgehead atoms. The van der Waals surface area contributed by atoms with Crippen LogP contribution in [0.25, 0.3) is 11.1 Å². The molecule has 1 aliphatic rings. The van der Waals surface area contributed by atoms with Crippen molar-refractivity contribution >= 4 is 28.6 Å². The number of fused-ring (bicyclic) bond motifs is 1. The Morgan fingerprint density at radius 3 is 2.75 bits per heavy atom. The Morgan fingerprint density at radius 1 is 1.18 bits per heavy atom. The zero-order chi connectivity index (χ0) is 19.7. The Morgan fingerprint density at radius 2 is 1.96 bits per heavy atom. The lowest BCUT2D eigenvalue weighted by Crippen LogP contribution is -2.49. The van der Waals surface area contributed by atoms with Crippen LogP contribution in [0.2, 0.25) is 5.02 Å². The van der Waals surface area contributed by atoms with Crippen molar-refractivity contribution in [2.24, 2.45) is 0 Å². The molecule has 0 saturated carbocycles. The van der Waals surface area contributed by atoms with Crippen molar-refractivity contribution in [3.63, 3.8) is 0 Å². The highest BCUT2D eigenvalue weighted by Gasteiger charge is 2.30. The minimum absolute atomic E-state index is 0.0177. The minimum atomic E-state index is -0.469. The lowest BCUT2D eigenvalue weighted by Gasteiger charge is -2.40. The Kier molecular flexibility index (Phi) is 5.24. The maximum Gasteiger partial charge on any atom is 0.419 e. The molecule has 0 aliphatic carbocycles. The molecule has 1 saturated heterocycles. The number of benzene rings is 2. The highest BCUT2D eigenvalue weighted by molar-refractivity contribution is 6.31. The summed E-state index contributed by atoms with van der Waals surface area (Å²) in [5, 5.41) is 0.507. The molecule has 7 heteroatoms. The summed E-state index contributed by atoms with van der Waals surface area (Å²) < 4.78 is 6.75. The third-order valence-electron chi connectivity index (χ3n) is 5.27. The minimum Gasteiger partial charge on any atom is -0.408 e. The number of aryl methyl sites for hydroxylation is 1. The van der Waals surface area contributed by atoms with E-state index in [0.717, 1.165) is 18.7 Å². The number of aromatic nitrogens is 1. The van der Waals surface area contributed by atoms with Crippen LogP contribution in [-0.4, -0.2) is 47.0 Å². The molecule has 28 heavy (non-hydrogen) atoms. The molecule has 0 spiro atoms. The van der Waals surface area contributed by atoms with E-state index in [-0.39, 0.29) is 24.9 Å². The van der Waals surface area contributed by atoms with Gasteiger partial charge in [0.1, 0.15) is 0 Å². The first kappa shape index (κ1) is 18.8. The molecule has 6 nitrogen and oxygen atoms in total. The van der Waals surface area contributed by atoms with Gasteiger partial charge in [0, 0.05) is 43.7 Å². The van der Waals surface area contributed by atoms with Gasteiger partial charge in [0.25, 0.3) is 0 Å². The van der Waals surface area contributed by atoms with Gasteiger partial charge in [-0.05, 0) is 24.7 Å². The van der Waals surface area contributed by atoms with Crippen LogP contribution >= 0.6 is 11.6 Å². The molecule has 1 atom stereocenters. The number of nitrogens with zero attached hydrogens (tertiary/aromatic N) is 3. The summed E-state index contributed by atoms with van der Waals surface area (Å²) in [6, 6.07) is 15.2. The van der Waals surface area contributed by atoms with Gasteiger partial charge in [0.15, 0.2) is 5.58 Å². The van der Waals surface area contributed by atoms with Crippen LogP contribution < -0.4 is 5.76 Å². The van der Waals surface area contributed by atoms with Gasteiger partial charge in [-0.25, -0.2) is 4.79 Å². The number of oxazole rings is 1. The van der Waals surface area contributed by atoms with Crippen molar-refractivity contribution in [2.75, 3.05) is 26.7 Å². The second-order valence-corrected chi connectivity index (χ2v) is 7.59. The van der Waals surface area contributed by atoms with Gasteiger partial charge in [-0.2, -0.15) is 0 Å². The first-order valence-corrected chi connectivity index (χ1v) is 9.72. The second-order valence-electron chi connectivity index (χ2n) is 7.16. The molecule has 0 radical (unpaired) electrons. The van der Waals surface area contributed by atoms with Crippen LogP contribution in [0.5, 0.6) is 0 Å². The molecule has 0 N–H and O–H groups in total. The van der Waals surface area contributed by atoms with E-state index in [0.29, 0.717) is 22.7 Å². The van der Waals surface area contributed by atoms with Crippen LogP contribution in [-0.2, 0) is 11.3 Å². The normalized spacial score (nSPS) is 17.9. The van der Waals surface area contributed by atoms with Gasteiger partial charge in [-0.15, -0.1) is 0 Å². The van der Waals surface area contributed by atoms with E-state index in [4.69, 9.17) is 16.0 Å². The molecule has 3 aromatic rings. The van der Waals surface area contributed by atoms with E-state index >= 15 is 0 Å². The molecule has 1 aromatic heterocycles. The number of hydrogen-bond donors (Lipinski definition) is 0. The number of rotatable bonds is 4. The fraction of sp³-hybridized carbons (Fsp3) is 0.333. The van der Waals surface area contributed by atoms with Crippen LogP contribution in [0.15, 0.2) is 57.7 Å². The average Bonchev–Trinajstić information content (AvgIpc) is 3.00. The van der Waals surface area contributed by atoms with Crippen LogP contribution in [0.1, 0.15) is 18.0 Å². The maximum absolute atomic E-state index is 13.0. The molecule has 0 unspecified atom stereocenters. The van der Waals surface area contributed by atoms with Crippen LogP contribution in [0.3, 0.4) is 0 Å². The van der Waals surface area contributed by atoms with E-state index in [1.807, 2.05) is 23.1 Å². The van der Waals surface area contributed by atoms with E-state index < -0.39 is 5.76 Å². The smallest absolute Gasteiger partial charge is 0.408 e. The Bertz CT molecular complexity index is 1040. The van der Waals surface area contributed by atoms with Gasteiger partial charge < -0.3 is 14.2 Å². The monoisotopic (exact) mass is 399 g/mol. The summed E-state index contributed by atoms with van der Waals surface area (Å²) in [5.74, 6) is -0.430. The fourth-order valence-electron chi connectivity index (χ4n) is 3.78. The van der Waals surface area contributed by atoms with E-state index in [2.05, 4.69) is 24.1 Å². The van der Waals surface area contributed by atoms with E-state index in [9.17, 15) is 9.59 Å². The summed E-state index contributed by atoms with van der Waals surface area (Å²) in [7, 11) is 2.07. The second kappa shape index (κ2) is 7.81. The van der Waals surface area contributed by atoms with Crippen molar-refractivity contribution in [1.29, 1.82) is 0 Å². The summed E-state index contributed by atoms with van der Waals surface area (Å²) >= 11 is 5.96. The lowest BCUT2D eigenvalue weighted by molar-refractivity contribution is -0.136. The number of carbonyl (C=O) groups is 1. The zero-order valence-electron chi connectivity index (χ0n) is 15.7. The number of amides is 1. The number of halogens is 1. The molecular formula is C21H22ClN3O3. The maximum atomic E-state index is 13.0. The SMILES string of the molecule is CN1CCN(C(=O)CCn2c(=O)oc3cc(Cl)ccc32)[C@@H](c2ccccc2)C1. The molecule has 2 aromatic carbocycles. The third-order valence-corrected chi connectivity index (χ3v) is 5.50. The number of carbonyl (C=O) groups excluding carboxylic acids is 1. The van der Waals surface area contributed by atoms with Gasteiger partial charge in [-0.3, -0.25) is 9.36 Å². The summed E-state index contributed by atoms with van der Waals surface area (Å²) in [5.41, 5.74) is 2.22. The standard InChI is InChI=1S/C21H22ClN3O3/c1-23-11-12-24(18(14-23)15-5-3-2-4-6-15)20(26)9-10-25-17-8-7-16(22)13-19(17)28-21(25)27/h2-8,13,18H,9-12,14H2,1H3/t18-/m1/s1. The molecule has 1 aliphatic heterocycles. The summed E-state index contributed by atoms with van der Waals surface area (Å²) in [6.07, 6.45) is 0.240. The molecule has 4 rings (SSSR count). The molecule has 1 amide bonds. The van der Waals surface area contributed by atoms with E-state index in [1.165, 1.54) is 4.57 Å². The predicted molar refractivity (Wildman–Crippen MR) is 108 cm³/mol. The first-order valence-electron chi connectivity index (χ1n) is 9.35. The van der Waals surface area contributed by atoms with Crippen molar-refractivity contribution in [3.05, 3.63) is 69.7 Å². The summed E-state index contributed by atoms with van der Waals surface area (Å²) in [4.78, 5) is 29.4. The van der Waals surface area contributed by atoms with E-state index in [1.54, 1.807) is 18.2 Å². The van der Waals surface area contributed by atoms with Crippen LogP contribution in [0, 0.1) is 0 Å². The molecule has 1 fully saturated rings. The van der Waals surface area contributed by atoms with Gasteiger partial charge in [0.05, 0.1) is 11.6 Å². The number of hydrogen-bond acceptors (Lipinski definition) is 4. The Hall–Kier alpha value is -2.57. The Labute approximate surface area is 167 Å². The lowest BCUT2D eigenvalue weighted by atomic mass is 10.0. The number of likely N-dealkylation sites (N-methyl/N-ethyl adjacent to an activating group) is 1. The largest absolute Gasteiger partial charge is 0.419 e. The highest BCUT2D eigenvalue weighted by atomic mass is 35.5. The quantitative estimate of drug-likeness (QED) is 0.676. The number of piperazine rings is 1. The van der Waals surface area contributed by atoms with Crippen molar-refractivity contribution in [2.45, 2.75) is 19.0 Å². The van der Waals surface area contributed by atoms with Crippen molar-refractivity contribution < 1.29 is 9.21 Å². The first-order chi connectivity index (χ1) is 13.5. The topological polar surface area (TPSA) is 58.7 Å². The van der Waals surface area contributed by atoms with Gasteiger partial charge >= 0.3 is 5.76 Å². The van der Waals surface area contributed by atoms with Crippen molar-refractivity contribution in [3.8, 4) is 0 Å². The Balaban J connectivity index is 1.53. The molecule has 2 heterocycles. The van der Waals surface area contributed by atoms with Gasteiger partial charge in [0.2, 0.25) is 5.91 Å².